The molecule has 0 aliphatic carbocycles. The van der Waals surface area contributed by atoms with Gasteiger partial charge in [-0.1, -0.05) is 6.07 Å². The van der Waals surface area contributed by atoms with Crippen molar-refractivity contribution in [2.45, 2.75) is 44.7 Å². The molecule has 2 aliphatic rings. The minimum Gasteiger partial charge on any atom is -0.399 e. The van der Waals surface area contributed by atoms with E-state index < -0.39 is 0 Å². The molecule has 2 bridgehead atoms. The molecule has 2 atom stereocenters. The van der Waals surface area contributed by atoms with Crippen molar-refractivity contribution >= 4 is 11.6 Å². The van der Waals surface area contributed by atoms with E-state index in [9.17, 15) is 4.79 Å². The first-order chi connectivity index (χ1) is 10.0. The van der Waals surface area contributed by atoms with Gasteiger partial charge in [-0.05, 0) is 63.3 Å². The number of carbonyl (C=O) groups is 1. The number of amides is 1. The fourth-order valence-electron chi connectivity index (χ4n) is 3.91. The Hall–Kier alpha value is -1.55. The Kier molecular flexibility index (Phi) is 3.89. The van der Waals surface area contributed by atoms with E-state index in [0.29, 0.717) is 17.2 Å². The number of nitrogens with zero attached hydrogens (tertiary/aromatic N) is 1. The molecule has 21 heavy (non-hydrogen) atoms. The zero-order valence-electron chi connectivity index (χ0n) is 12.9. The van der Waals surface area contributed by atoms with E-state index in [1.165, 1.54) is 25.7 Å². The molecule has 0 saturated carbocycles. The van der Waals surface area contributed by atoms with Gasteiger partial charge in [-0.15, -0.1) is 0 Å². The SMILES string of the molecule is Cc1ccc(N)cc1C(=O)NCC1CC2CCC(C1)N2C. The van der Waals surface area contributed by atoms with Crippen LogP contribution in [0.15, 0.2) is 18.2 Å². The fraction of sp³-hybridized carbons (Fsp3) is 0.588. The molecule has 3 rings (SSSR count). The van der Waals surface area contributed by atoms with E-state index >= 15 is 0 Å². The van der Waals surface area contributed by atoms with Gasteiger partial charge in [0.2, 0.25) is 0 Å². The number of carbonyl (C=O) groups excluding carboxylic acids is 1. The Labute approximate surface area is 126 Å². The molecule has 4 nitrogen and oxygen atoms in total. The normalized spacial score (nSPS) is 28.6. The summed E-state index contributed by atoms with van der Waals surface area (Å²) in [6.07, 6.45) is 5.06. The average Bonchev–Trinajstić information content (AvgIpc) is 2.69. The third-order valence-electron chi connectivity index (χ3n) is 5.25. The van der Waals surface area contributed by atoms with Gasteiger partial charge < -0.3 is 16.0 Å². The number of anilines is 1. The van der Waals surface area contributed by atoms with Gasteiger partial charge >= 0.3 is 0 Å². The largest absolute Gasteiger partial charge is 0.399 e. The van der Waals surface area contributed by atoms with Crippen LogP contribution in [0.5, 0.6) is 0 Å². The molecule has 2 unspecified atom stereocenters. The maximum atomic E-state index is 12.3. The lowest BCUT2D eigenvalue weighted by atomic mass is 9.91. The van der Waals surface area contributed by atoms with Crippen molar-refractivity contribution in [3.63, 3.8) is 0 Å². The summed E-state index contributed by atoms with van der Waals surface area (Å²) in [6.45, 7) is 2.73. The number of nitrogen functional groups attached to an aromatic ring is 1. The topological polar surface area (TPSA) is 58.4 Å². The van der Waals surface area contributed by atoms with Gasteiger partial charge in [0, 0.05) is 29.9 Å². The van der Waals surface area contributed by atoms with Gasteiger partial charge in [0.25, 0.3) is 5.91 Å². The van der Waals surface area contributed by atoms with Crippen molar-refractivity contribution in [3.8, 4) is 0 Å². The summed E-state index contributed by atoms with van der Waals surface area (Å²) in [5.41, 5.74) is 8.10. The summed E-state index contributed by atoms with van der Waals surface area (Å²) in [7, 11) is 2.24. The third-order valence-corrected chi connectivity index (χ3v) is 5.25. The minimum absolute atomic E-state index is 0.00562. The monoisotopic (exact) mass is 287 g/mol. The number of aryl methyl sites for hydroxylation is 1. The summed E-state index contributed by atoms with van der Waals surface area (Å²) < 4.78 is 0. The van der Waals surface area contributed by atoms with Crippen molar-refractivity contribution in [2.75, 3.05) is 19.3 Å². The quantitative estimate of drug-likeness (QED) is 0.838. The van der Waals surface area contributed by atoms with Crippen molar-refractivity contribution in [2.24, 2.45) is 5.92 Å². The maximum Gasteiger partial charge on any atom is 0.251 e. The van der Waals surface area contributed by atoms with E-state index in [0.717, 1.165) is 24.2 Å². The standard InChI is InChI=1S/C17H25N3O/c1-11-3-4-13(18)9-16(11)17(21)19-10-12-7-14-5-6-15(8-12)20(14)2/h3-4,9,12,14-15H,5-8,10,18H2,1-2H3,(H,19,21). The van der Waals surface area contributed by atoms with Crippen LogP contribution >= 0.6 is 0 Å². The van der Waals surface area contributed by atoms with Gasteiger partial charge in [0.05, 0.1) is 0 Å². The molecule has 114 valence electrons. The van der Waals surface area contributed by atoms with Crippen LogP contribution in [0.25, 0.3) is 0 Å². The number of piperidine rings is 1. The van der Waals surface area contributed by atoms with Crippen LogP contribution in [0.1, 0.15) is 41.6 Å². The highest BCUT2D eigenvalue weighted by Gasteiger charge is 2.38. The minimum atomic E-state index is 0.00562. The molecule has 0 aromatic heterocycles. The number of hydrogen-bond donors (Lipinski definition) is 2. The Morgan fingerprint density at radius 3 is 2.67 bits per heavy atom. The Bertz CT molecular complexity index is 529. The fourth-order valence-corrected chi connectivity index (χ4v) is 3.91. The summed E-state index contributed by atoms with van der Waals surface area (Å²) in [5, 5.41) is 3.11. The first kappa shape index (κ1) is 14.4. The van der Waals surface area contributed by atoms with Gasteiger partial charge in [0.15, 0.2) is 0 Å². The van der Waals surface area contributed by atoms with Gasteiger partial charge in [-0.3, -0.25) is 4.79 Å². The molecule has 1 aromatic rings. The summed E-state index contributed by atoms with van der Waals surface area (Å²) in [6, 6.07) is 6.95. The summed E-state index contributed by atoms with van der Waals surface area (Å²) in [4.78, 5) is 14.9. The zero-order chi connectivity index (χ0) is 15.0. The first-order valence-electron chi connectivity index (χ1n) is 7.91. The van der Waals surface area contributed by atoms with Crippen LogP contribution in [0.2, 0.25) is 0 Å². The van der Waals surface area contributed by atoms with Gasteiger partial charge in [-0.25, -0.2) is 0 Å². The number of benzene rings is 1. The van der Waals surface area contributed by atoms with Crippen molar-refractivity contribution in [3.05, 3.63) is 29.3 Å². The predicted molar refractivity (Wildman–Crippen MR) is 85.2 cm³/mol. The van der Waals surface area contributed by atoms with Crippen molar-refractivity contribution < 1.29 is 4.79 Å². The van der Waals surface area contributed by atoms with Crippen molar-refractivity contribution in [1.82, 2.24) is 10.2 Å². The van der Waals surface area contributed by atoms with Crippen LogP contribution in [0.3, 0.4) is 0 Å². The molecule has 2 fully saturated rings. The molecule has 0 radical (unpaired) electrons. The molecule has 3 N–H and O–H groups in total. The second-order valence-electron chi connectivity index (χ2n) is 6.67. The van der Waals surface area contributed by atoms with E-state index in [1.807, 2.05) is 19.1 Å². The Morgan fingerprint density at radius 2 is 2.00 bits per heavy atom. The lowest BCUT2D eigenvalue weighted by Gasteiger charge is -2.36. The second-order valence-corrected chi connectivity index (χ2v) is 6.67. The van der Waals surface area contributed by atoms with Crippen molar-refractivity contribution in [1.29, 1.82) is 0 Å². The van der Waals surface area contributed by atoms with Crippen LogP contribution in [-0.4, -0.2) is 36.5 Å². The van der Waals surface area contributed by atoms with E-state index in [2.05, 4.69) is 17.3 Å². The number of nitrogens with one attached hydrogen (secondary N) is 1. The molecule has 4 heteroatoms. The molecule has 0 spiro atoms. The van der Waals surface area contributed by atoms with Crippen LogP contribution in [0, 0.1) is 12.8 Å². The maximum absolute atomic E-state index is 12.3. The average molecular weight is 287 g/mol. The number of fused-ring (bicyclic) bond motifs is 2. The zero-order valence-corrected chi connectivity index (χ0v) is 12.9. The smallest absolute Gasteiger partial charge is 0.251 e. The van der Waals surface area contributed by atoms with Gasteiger partial charge in [-0.2, -0.15) is 0 Å². The van der Waals surface area contributed by atoms with Crippen LogP contribution in [-0.2, 0) is 0 Å². The number of rotatable bonds is 3. The molecular formula is C17H25N3O. The highest BCUT2D eigenvalue weighted by molar-refractivity contribution is 5.96. The van der Waals surface area contributed by atoms with E-state index in [4.69, 9.17) is 5.73 Å². The molecule has 1 aromatic carbocycles. The Morgan fingerprint density at radius 1 is 1.33 bits per heavy atom. The summed E-state index contributed by atoms with van der Waals surface area (Å²) >= 11 is 0. The van der Waals surface area contributed by atoms with E-state index in [1.54, 1.807) is 6.07 Å². The second kappa shape index (κ2) is 5.68. The van der Waals surface area contributed by atoms with Crippen LogP contribution < -0.4 is 11.1 Å². The Balaban J connectivity index is 1.58. The predicted octanol–water partition coefficient (Wildman–Crippen LogP) is 2.18. The lowest BCUT2D eigenvalue weighted by Crippen LogP contribution is -2.43. The molecule has 2 aliphatic heterocycles. The molecular weight excluding hydrogens is 262 g/mol. The first-order valence-corrected chi connectivity index (χ1v) is 7.91. The third kappa shape index (κ3) is 2.91. The molecule has 2 heterocycles. The summed E-state index contributed by atoms with van der Waals surface area (Å²) in [5.74, 6) is 0.620. The highest BCUT2D eigenvalue weighted by Crippen LogP contribution is 2.37. The van der Waals surface area contributed by atoms with Gasteiger partial charge in [0.1, 0.15) is 0 Å². The molecule has 2 saturated heterocycles. The number of nitrogens with two attached hydrogens (primary N) is 1. The number of hydrogen-bond acceptors (Lipinski definition) is 3. The van der Waals surface area contributed by atoms with Crippen LogP contribution in [0.4, 0.5) is 5.69 Å². The van der Waals surface area contributed by atoms with E-state index in [-0.39, 0.29) is 5.91 Å². The lowest BCUT2D eigenvalue weighted by molar-refractivity contribution is 0.0917. The molecule has 1 amide bonds. The highest BCUT2D eigenvalue weighted by atomic mass is 16.1.